The van der Waals surface area contributed by atoms with Gasteiger partial charge in [0.1, 0.15) is 0 Å². The van der Waals surface area contributed by atoms with Crippen LogP contribution in [0, 0.1) is 0 Å². The molecule has 1 aliphatic heterocycles. The van der Waals surface area contributed by atoms with E-state index < -0.39 is 0 Å². The zero-order chi connectivity index (χ0) is 18.4. The van der Waals surface area contributed by atoms with Crippen molar-refractivity contribution in [1.82, 2.24) is 5.32 Å². The Labute approximate surface area is 160 Å². The second-order valence-corrected chi connectivity index (χ2v) is 7.16. The molecular weight excluding hydrogens is 342 g/mol. The number of carbonyl (C=O) groups excluding carboxylic acids is 1. The molecule has 3 rings (SSSR count). The number of rotatable bonds is 4. The molecule has 0 aliphatic carbocycles. The van der Waals surface area contributed by atoms with Crippen LogP contribution in [0.1, 0.15) is 31.7 Å². The molecule has 26 heavy (non-hydrogen) atoms. The van der Waals surface area contributed by atoms with E-state index in [4.69, 9.17) is 12.2 Å². The molecule has 1 aliphatic rings. The lowest BCUT2D eigenvalue weighted by Gasteiger charge is -2.35. The van der Waals surface area contributed by atoms with Crippen LogP contribution in [0.2, 0.25) is 0 Å². The Kier molecular flexibility index (Phi) is 6.23. The van der Waals surface area contributed by atoms with Crippen molar-refractivity contribution in [1.29, 1.82) is 0 Å². The van der Waals surface area contributed by atoms with Gasteiger partial charge < -0.3 is 15.5 Å². The SMILES string of the molecule is C[C@H]1CCCCN1c1ccc(NC(=S)NC(=O)Cc2ccccc2)cc1. The Morgan fingerprint density at radius 3 is 2.54 bits per heavy atom. The first-order valence-corrected chi connectivity index (χ1v) is 9.54. The molecule has 0 unspecified atom stereocenters. The van der Waals surface area contributed by atoms with Gasteiger partial charge in [0.2, 0.25) is 5.91 Å². The van der Waals surface area contributed by atoms with E-state index in [1.54, 1.807) is 0 Å². The number of benzene rings is 2. The lowest BCUT2D eigenvalue weighted by molar-refractivity contribution is -0.119. The van der Waals surface area contributed by atoms with Gasteiger partial charge in [-0.2, -0.15) is 0 Å². The Balaban J connectivity index is 1.52. The third-order valence-electron chi connectivity index (χ3n) is 4.72. The van der Waals surface area contributed by atoms with Crippen molar-refractivity contribution in [3.05, 3.63) is 60.2 Å². The van der Waals surface area contributed by atoms with Crippen molar-refractivity contribution >= 4 is 34.6 Å². The van der Waals surface area contributed by atoms with Crippen LogP contribution < -0.4 is 15.5 Å². The number of piperidine rings is 1. The molecule has 2 N–H and O–H groups in total. The molecule has 2 aromatic carbocycles. The summed E-state index contributed by atoms with van der Waals surface area (Å²) in [6.45, 7) is 3.39. The van der Waals surface area contributed by atoms with E-state index >= 15 is 0 Å². The van der Waals surface area contributed by atoms with Gasteiger partial charge in [0.05, 0.1) is 6.42 Å². The van der Waals surface area contributed by atoms with Crippen LogP contribution in [0.25, 0.3) is 0 Å². The predicted octanol–water partition coefficient (Wildman–Crippen LogP) is 4.12. The van der Waals surface area contributed by atoms with Crippen LogP contribution in [0.4, 0.5) is 11.4 Å². The molecule has 2 aromatic rings. The van der Waals surface area contributed by atoms with Gasteiger partial charge in [-0.05, 0) is 68.2 Å². The maximum atomic E-state index is 12.1. The fourth-order valence-electron chi connectivity index (χ4n) is 3.33. The average Bonchev–Trinajstić information content (AvgIpc) is 2.63. The third kappa shape index (κ3) is 5.05. The van der Waals surface area contributed by atoms with Crippen molar-refractivity contribution in [2.24, 2.45) is 0 Å². The highest BCUT2D eigenvalue weighted by Gasteiger charge is 2.18. The minimum atomic E-state index is -0.118. The van der Waals surface area contributed by atoms with E-state index in [9.17, 15) is 4.79 Å². The monoisotopic (exact) mass is 367 g/mol. The second-order valence-electron chi connectivity index (χ2n) is 6.75. The number of amides is 1. The normalized spacial score (nSPS) is 16.8. The van der Waals surface area contributed by atoms with E-state index in [0.29, 0.717) is 17.6 Å². The standard InChI is InChI=1S/C21H25N3OS/c1-16-7-5-6-14-24(16)19-12-10-18(11-13-19)22-21(26)23-20(25)15-17-8-3-2-4-9-17/h2-4,8-13,16H,5-7,14-15H2,1H3,(H2,22,23,25,26)/t16-/m0/s1. The minimum Gasteiger partial charge on any atom is -0.369 e. The van der Waals surface area contributed by atoms with Crippen molar-refractivity contribution in [2.45, 2.75) is 38.6 Å². The molecule has 136 valence electrons. The molecule has 1 heterocycles. The molecule has 0 bridgehead atoms. The highest BCUT2D eigenvalue weighted by molar-refractivity contribution is 7.80. The van der Waals surface area contributed by atoms with Crippen molar-refractivity contribution < 1.29 is 4.79 Å². The maximum absolute atomic E-state index is 12.1. The number of hydrogen-bond acceptors (Lipinski definition) is 3. The Morgan fingerprint density at radius 2 is 1.85 bits per heavy atom. The highest BCUT2D eigenvalue weighted by Crippen LogP contribution is 2.25. The molecule has 1 atom stereocenters. The Bertz CT molecular complexity index is 746. The van der Waals surface area contributed by atoms with E-state index in [1.807, 2.05) is 42.5 Å². The summed E-state index contributed by atoms with van der Waals surface area (Å²) in [7, 11) is 0. The summed E-state index contributed by atoms with van der Waals surface area (Å²) >= 11 is 5.25. The van der Waals surface area contributed by atoms with Crippen molar-refractivity contribution in [2.75, 3.05) is 16.8 Å². The summed E-state index contributed by atoms with van der Waals surface area (Å²) in [6, 6.07) is 18.4. The second kappa shape index (κ2) is 8.81. The summed E-state index contributed by atoms with van der Waals surface area (Å²) in [5.74, 6) is -0.118. The molecular formula is C21H25N3OS. The van der Waals surface area contributed by atoms with Crippen molar-refractivity contribution in [3.63, 3.8) is 0 Å². The third-order valence-corrected chi connectivity index (χ3v) is 4.92. The Hall–Kier alpha value is -2.40. The maximum Gasteiger partial charge on any atom is 0.230 e. The molecule has 0 aromatic heterocycles. The summed E-state index contributed by atoms with van der Waals surface area (Å²) < 4.78 is 0. The first kappa shape index (κ1) is 18.4. The molecule has 0 spiro atoms. The van der Waals surface area contributed by atoms with E-state index in [0.717, 1.165) is 17.8 Å². The summed E-state index contributed by atoms with van der Waals surface area (Å²) in [5.41, 5.74) is 3.08. The van der Waals surface area contributed by atoms with Crippen LogP contribution in [0.5, 0.6) is 0 Å². The minimum absolute atomic E-state index is 0.118. The first-order chi connectivity index (χ1) is 12.6. The van der Waals surface area contributed by atoms with Crippen LogP contribution in [0.15, 0.2) is 54.6 Å². The van der Waals surface area contributed by atoms with Crippen LogP contribution >= 0.6 is 12.2 Å². The van der Waals surface area contributed by atoms with Gasteiger partial charge in [-0.1, -0.05) is 30.3 Å². The van der Waals surface area contributed by atoms with Gasteiger partial charge in [0, 0.05) is 24.0 Å². The molecule has 0 saturated carbocycles. The van der Waals surface area contributed by atoms with Crippen LogP contribution in [-0.4, -0.2) is 23.6 Å². The molecule has 5 heteroatoms. The van der Waals surface area contributed by atoms with Crippen molar-refractivity contribution in [3.8, 4) is 0 Å². The fraction of sp³-hybridized carbons (Fsp3) is 0.333. The molecule has 1 amide bonds. The number of hydrogen-bond donors (Lipinski definition) is 2. The van der Waals surface area contributed by atoms with Gasteiger partial charge in [-0.3, -0.25) is 4.79 Å². The Morgan fingerprint density at radius 1 is 1.12 bits per heavy atom. The van der Waals surface area contributed by atoms with Gasteiger partial charge >= 0.3 is 0 Å². The quantitative estimate of drug-likeness (QED) is 0.798. The summed E-state index contributed by atoms with van der Waals surface area (Å²) in [4.78, 5) is 14.5. The smallest absolute Gasteiger partial charge is 0.230 e. The van der Waals surface area contributed by atoms with E-state index in [1.165, 1.54) is 24.9 Å². The lowest BCUT2D eigenvalue weighted by atomic mass is 10.0. The first-order valence-electron chi connectivity index (χ1n) is 9.13. The fourth-order valence-corrected chi connectivity index (χ4v) is 3.56. The van der Waals surface area contributed by atoms with Crippen LogP contribution in [-0.2, 0) is 11.2 Å². The summed E-state index contributed by atoms with van der Waals surface area (Å²) in [5, 5.41) is 6.14. The molecule has 1 saturated heterocycles. The number of nitrogens with zero attached hydrogens (tertiary/aromatic N) is 1. The topological polar surface area (TPSA) is 44.4 Å². The van der Waals surface area contributed by atoms with E-state index in [2.05, 4.69) is 34.6 Å². The van der Waals surface area contributed by atoms with Gasteiger partial charge in [0.15, 0.2) is 5.11 Å². The average molecular weight is 368 g/mol. The largest absolute Gasteiger partial charge is 0.369 e. The molecule has 4 nitrogen and oxygen atoms in total. The molecule has 0 radical (unpaired) electrons. The van der Waals surface area contributed by atoms with Gasteiger partial charge in [-0.25, -0.2) is 0 Å². The van der Waals surface area contributed by atoms with Gasteiger partial charge in [-0.15, -0.1) is 0 Å². The number of thiocarbonyl (C=S) groups is 1. The summed E-state index contributed by atoms with van der Waals surface area (Å²) in [6.07, 6.45) is 4.13. The zero-order valence-corrected chi connectivity index (χ0v) is 15.9. The predicted molar refractivity (Wildman–Crippen MR) is 112 cm³/mol. The van der Waals surface area contributed by atoms with Gasteiger partial charge in [0.25, 0.3) is 0 Å². The number of carbonyl (C=O) groups is 1. The molecule has 1 fully saturated rings. The number of nitrogens with one attached hydrogen (secondary N) is 2. The van der Waals surface area contributed by atoms with Crippen LogP contribution in [0.3, 0.4) is 0 Å². The lowest BCUT2D eigenvalue weighted by Crippen LogP contribution is -2.37. The highest BCUT2D eigenvalue weighted by atomic mass is 32.1. The number of anilines is 2. The van der Waals surface area contributed by atoms with E-state index in [-0.39, 0.29) is 5.91 Å². The zero-order valence-electron chi connectivity index (χ0n) is 15.1.